The maximum atomic E-state index is 12.9. The van der Waals surface area contributed by atoms with E-state index >= 15 is 0 Å². The van der Waals surface area contributed by atoms with Crippen molar-refractivity contribution < 1.29 is 23.8 Å². The zero-order valence-electron chi connectivity index (χ0n) is 8.28. The molecule has 0 aliphatic heterocycles. The molecule has 1 aliphatic rings. The van der Waals surface area contributed by atoms with Gasteiger partial charge in [0.1, 0.15) is 11.6 Å². The van der Waals surface area contributed by atoms with Crippen LogP contribution in [-0.4, -0.2) is 16.2 Å². The molecule has 1 fully saturated rings. The van der Waals surface area contributed by atoms with Crippen LogP contribution in [-0.2, 0) is 10.4 Å². The van der Waals surface area contributed by atoms with Crippen LogP contribution in [0.2, 0.25) is 0 Å². The van der Waals surface area contributed by atoms with Gasteiger partial charge >= 0.3 is 5.97 Å². The molecule has 1 aromatic carbocycles. The lowest BCUT2D eigenvalue weighted by molar-refractivity contribution is -0.159. The lowest BCUT2D eigenvalue weighted by Crippen LogP contribution is -2.44. The van der Waals surface area contributed by atoms with E-state index in [1.807, 2.05) is 0 Å². The first-order chi connectivity index (χ1) is 7.40. The summed E-state index contributed by atoms with van der Waals surface area (Å²) in [5, 5.41) is 18.6. The zero-order chi connectivity index (χ0) is 11.9. The number of carboxylic acids is 1. The molecule has 16 heavy (non-hydrogen) atoms. The van der Waals surface area contributed by atoms with Gasteiger partial charge in [-0.3, -0.25) is 4.79 Å². The second-order valence-electron chi connectivity index (χ2n) is 4.13. The van der Waals surface area contributed by atoms with E-state index in [2.05, 4.69) is 0 Å². The number of carboxylic acid groups (broad SMARTS) is 1. The standard InChI is InChI=1S/C11H10F2O3/c12-8-1-7(2-9(13)3-8)11(16)4-6(5-11)10(14)15/h1-3,6,16H,4-5H2,(H,14,15). The van der Waals surface area contributed by atoms with Crippen LogP contribution in [0.4, 0.5) is 8.78 Å². The second kappa shape index (κ2) is 3.52. The maximum Gasteiger partial charge on any atom is 0.306 e. The third-order valence-electron chi connectivity index (χ3n) is 2.92. The molecule has 3 nitrogen and oxygen atoms in total. The first-order valence-corrected chi connectivity index (χ1v) is 4.82. The molecule has 1 aliphatic carbocycles. The molecular weight excluding hydrogens is 218 g/mol. The molecule has 2 rings (SSSR count). The van der Waals surface area contributed by atoms with Gasteiger partial charge in [0.05, 0.1) is 11.5 Å². The molecule has 5 heteroatoms. The number of aliphatic hydroxyl groups is 1. The molecule has 0 atom stereocenters. The average Bonchev–Trinajstić information content (AvgIpc) is 2.10. The number of halogens is 2. The largest absolute Gasteiger partial charge is 0.481 e. The summed E-state index contributed by atoms with van der Waals surface area (Å²) in [5.41, 5.74) is -1.31. The smallest absolute Gasteiger partial charge is 0.306 e. The van der Waals surface area contributed by atoms with E-state index in [1.165, 1.54) is 0 Å². The predicted molar refractivity (Wildman–Crippen MR) is 50.6 cm³/mol. The number of hydrogen-bond donors (Lipinski definition) is 2. The van der Waals surface area contributed by atoms with Gasteiger partial charge in [-0.2, -0.15) is 0 Å². The normalized spacial score (nSPS) is 28.6. The Bertz CT molecular complexity index is 419. The molecule has 2 N–H and O–H groups in total. The Hall–Kier alpha value is -1.49. The van der Waals surface area contributed by atoms with Gasteiger partial charge in [-0.15, -0.1) is 0 Å². The van der Waals surface area contributed by atoms with E-state index in [9.17, 15) is 18.7 Å². The fourth-order valence-electron chi connectivity index (χ4n) is 1.99. The van der Waals surface area contributed by atoms with Crippen LogP contribution >= 0.6 is 0 Å². The number of rotatable bonds is 2. The highest BCUT2D eigenvalue weighted by molar-refractivity contribution is 5.71. The Labute approximate surface area is 90.3 Å². The van der Waals surface area contributed by atoms with Crippen molar-refractivity contribution in [1.82, 2.24) is 0 Å². The van der Waals surface area contributed by atoms with E-state index in [1.54, 1.807) is 0 Å². The molecule has 0 amide bonds. The summed E-state index contributed by atoms with van der Waals surface area (Å²) in [5.74, 6) is -3.19. The van der Waals surface area contributed by atoms with Crippen molar-refractivity contribution in [2.75, 3.05) is 0 Å². The van der Waals surface area contributed by atoms with E-state index in [4.69, 9.17) is 5.11 Å². The van der Waals surface area contributed by atoms with Crippen LogP contribution < -0.4 is 0 Å². The van der Waals surface area contributed by atoms with Crippen molar-refractivity contribution in [3.63, 3.8) is 0 Å². The van der Waals surface area contributed by atoms with Crippen LogP contribution in [0.1, 0.15) is 18.4 Å². The van der Waals surface area contributed by atoms with Crippen LogP contribution in [0.15, 0.2) is 18.2 Å². The van der Waals surface area contributed by atoms with Gasteiger partial charge in [-0.05, 0) is 30.5 Å². The fraction of sp³-hybridized carbons (Fsp3) is 0.364. The van der Waals surface area contributed by atoms with Crippen molar-refractivity contribution in [1.29, 1.82) is 0 Å². The van der Waals surface area contributed by atoms with Crippen molar-refractivity contribution in [3.05, 3.63) is 35.4 Å². The number of hydrogen-bond acceptors (Lipinski definition) is 2. The lowest BCUT2D eigenvalue weighted by Gasteiger charge is -2.41. The molecule has 0 radical (unpaired) electrons. The third-order valence-corrected chi connectivity index (χ3v) is 2.92. The van der Waals surface area contributed by atoms with Gasteiger partial charge in [-0.25, -0.2) is 8.78 Å². The second-order valence-corrected chi connectivity index (χ2v) is 4.13. The lowest BCUT2D eigenvalue weighted by atomic mass is 9.67. The minimum atomic E-state index is -1.41. The third kappa shape index (κ3) is 1.78. The molecule has 0 unspecified atom stereocenters. The van der Waals surface area contributed by atoms with E-state index in [-0.39, 0.29) is 18.4 Å². The van der Waals surface area contributed by atoms with Crippen LogP contribution in [0.25, 0.3) is 0 Å². The topological polar surface area (TPSA) is 57.5 Å². The highest BCUT2D eigenvalue weighted by atomic mass is 19.1. The summed E-state index contributed by atoms with van der Waals surface area (Å²) < 4.78 is 25.8. The van der Waals surface area contributed by atoms with Crippen molar-refractivity contribution in [2.45, 2.75) is 18.4 Å². The molecule has 0 bridgehead atoms. The number of aliphatic carboxylic acids is 1. The predicted octanol–water partition coefficient (Wildman–Crippen LogP) is 1.65. The average molecular weight is 228 g/mol. The Morgan fingerprint density at radius 1 is 1.25 bits per heavy atom. The highest BCUT2D eigenvalue weighted by Crippen LogP contribution is 2.45. The van der Waals surface area contributed by atoms with Crippen molar-refractivity contribution in [3.8, 4) is 0 Å². The monoisotopic (exact) mass is 228 g/mol. The van der Waals surface area contributed by atoms with Crippen molar-refractivity contribution >= 4 is 5.97 Å². The van der Waals surface area contributed by atoms with Crippen LogP contribution in [0, 0.1) is 17.6 Å². The van der Waals surface area contributed by atoms with E-state index in [0.717, 1.165) is 12.1 Å². The Morgan fingerprint density at radius 2 is 1.75 bits per heavy atom. The first kappa shape index (κ1) is 11.0. The van der Waals surface area contributed by atoms with Gasteiger partial charge in [0, 0.05) is 6.07 Å². The summed E-state index contributed by atoms with van der Waals surface area (Å²) in [6, 6.07) is 2.77. The minimum Gasteiger partial charge on any atom is -0.481 e. The minimum absolute atomic E-state index is 0.00870. The van der Waals surface area contributed by atoms with E-state index < -0.39 is 29.1 Å². The number of benzene rings is 1. The summed E-state index contributed by atoms with van der Waals surface area (Å²) in [4.78, 5) is 10.6. The summed E-state index contributed by atoms with van der Waals surface area (Å²) in [6.45, 7) is 0. The molecule has 0 heterocycles. The van der Waals surface area contributed by atoms with Gasteiger partial charge in [0.15, 0.2) is 0 Å². The van der Waals surface area contributed by atoms with Gasteiger partial charge in [-0.1, -0.05) is 0 Å². The Morgan fingerprint density at radius 3 is 2.19 bits per heavy atom. The molecule has 0 spiro atoms. The first-order valence-electron chi connectivity index (χ1n) is 4.82. The Kier molecular flexibility index (Phi) is 2.42. The van der Waals surface area contributed by atoms with E-state index in [0.29, 0.717) is 6.07 Å². The molecule has 0 aromatic heterocycles. The van der Waals surface area contributed by atoms with Gasteiger partial charge < -0.3 is 10.2 Å². The highest BCUT2D eigenvalue weighted by Gasteiger charge is 2.47. The molecule has 1 aromatic rings. The maximum absolute atomic E-state index is 12.9. The molecule has 86 valence electrons. The van der Waals surface area contributed by atoms with Crippen molar-refractivity contribution in [2.24, 2.45) is 5.92 Å². The summed E-state index contributed by atoms with van der Waals surface area (Å²) in [7, 11) is 0. The molecular formula is C11H10F2O3. The fourth-order valence-corrected chi connectivity index (χ4v) is 1.99. The van der Waals surface area contributed by atoms with Crippen LogP contribution in [0.3, 0.4) is 0 Å². The number of carbonyl (C=O) groups is 1. The van der Waals surface area contributed by atoms with Gasteiger partial charge in [0.25, 0.3) is 0 Å². The van der Waals surface area contributed by atoms with Crippen LogP contribution in [0.5, 0.6) is 0 Å². The van der Waals surface area contributed by atoms with Gasteiger partial charge in [0.2, 0.25) is 0 Å². The Balaban J connectivity index is 2.23. The SMILES string of the molecule is O=C(O)C1CC(O)(c2cc(F)cc(F)c2)C1. The molecule has 1 saturated carbocycles. The molecule has 0 saturated heterocycles. The summed E-state index contributed by atoms with van der Waals surface area (Å²) in [6.07, 6.45) is -0.0174. The quantitative estimate of drug-likeness (QED) is 0.809. The zero-order valence-corrected chi connectivity index (χ0v) is 8.28. The summed E-state index contributed by atoms with van der Waals surface area (Å²) >= 11 is 0.